The fraction of sp³-hybridized carbons (Fsp3) is 1.00. The van der Waals surface area contributed by atoms with Crippen molar-refractivity contribution in [2.24, 2.45) is 5.92 Å². The van der Waals surface area contributed by atoms with E-state index in [1.807, 2.05) is 0 Å². The first kappa shape index (κ1) is 11.9. The van der Waals surface area contributed by atoms with Crippen molar-refractivity contribution in [3.05, 3.63) is 0 Å². The summed E-state index contributed by atoms with van der Waals surface area (Å²) in [6.45, 7) is 0. The number of halogens is 1. The van der Waals surface area contributed by atoms with Gasteiger partial charge in [-0.15, -0.1) is 0 Å². The lowest BCUT2D eigenvalue weighted by Crippen LogP contribution is -2.22. The largest absolute Gasteiger partial charge is 0.374 e. The van der Waals surface area contributed by atoms with Gasteiger partial charge in [0.15, 0.2) is 0 Å². The Labute approximate surface area is 102 Å². The second kappa shape index (κ2) is 6.24. The molecule has 2 aliphatic rings. The molecule has 1 aliphatic carbocycles. The quantitative estimate of drug-likeness (QED) is 0.683. The molecule has 88 valence electrons. The molecule has 2 heteroatoms. The van der Waals surface area contributed by atoms with Crippen molar-refractivity contribution in [3.63, 3.8) is 0 Å². The van der Waals surface area contributed by atoms with Crippen molar-refractivity contribution in [2.75, 3.05) is 5.33 Å². The van der Waals surface area contributed by atoms with Crippen molar-refractivity contribution >= 4 is 15.9 Å². The Morgan fingerprint density at radius 3 is 2.13 bits per heavy atom. The maximum absolute atomic E-state index is 6.10. The van der Waals surface area contributed by atoms with Gasteiger partial charge in [-0.2, -0.15) is 0 Å². The molecule has 15 heavy (non-hydrogen) atoms. The van der Waals surface area contributed by atoms with Crippen molar-refractivity contribution in [1.29, 1.82) is 0 Å². The number of rotatable bonds is 2. The lowest BCUT2D eigenvalue weighted by atomic mass is 9.86. The van der Waals surface area contributed by atoms with Gasteiger partial charge in [0.25, 0.3) is 0 Å². The van der Waals surface area contributed by atoms with Crippen LogP contribution < -0.4 is 0 Å². The van der Waals surface area contributed by atoms with E-state index in [9.17, 15) is 0 Å². The van der Waals surface area contributed by atoms with Gasteiger partial charge in [-0.3, -0.25) is 0 Å². The molecule has 2 fully saturated rings. The highest BCUT2D eigenvalue weighted by Crippen LogP contribution is 2.33. The summed E-state index contributed by atoms with van der Waals surface area (Å²) in [6.07, 6.45) is 13.7. The first-order valence-electron chi connectivity index (χ1n) is 6.61. The van der Waals surface area contributed by atoms with Crippen molar-refractivity contribution in [2.45, 2.75) is 70.0 Å². The summed E-state index contributed by atoms with van der Waals surface area (Å²) in [6, 6.07) is 0. The predicted molar refractivity (Wildman–Crippen MR) is 67.5 cm³/mol. The van der Waals surface area contributed by atoms with Crippen LogP contribution >= 0.6 is 15.9 Å². The third-order valence-electron chi connectivity index (χ3n) is 3.99. The Hall–Kier alpha value is 0.440. The highest BCUT2D eigenvalue weighted by Gasteiger charge is 2.30. The second-order valence-corrected chi connectivity index (χ2v) is 5.78. The molecule has 0 radical (unpaired) electrons. The smallest absolute Gasteiger partial charge is 0.0676 e. The van der Waals surface area contributed by atoms with Crippen molar-refractivity contribution < 1.29 is 4.74 Å². The zero-order valence-corrected chi connectivity index (χ0v) is 11.2. The maximum atomic E-state index is 6.10. The van der Waals surface area contributed by atoms with E-state index in [-0.39, 0.29) is 0 Å². The molecule has 2 rings (SSSR count). The summed E-state index contributed by atoms with van der Waals surface area (Å²) in [5.74, 6) is 0.870. The molecule has 1 aliphatic heterocycles. The highest BCUT2D eigenvalue weighted by molar-refractivity contribution is 9.09. The summed E-state index contributed by atoms with van der Waals surface area (Å²) < 4.78 is 6.10. The molecule has 2 atom stereocenters. The summed E-state index contributed by atoms with van der Waals surface area (Å²) in [4.78, 5) is 0. The highest BCUT2D eigenvalue weighted by atomic mass is 79.9. The zero-order chi connectivity index (χ0) is 10.5. The monoisotopic (exact) mass is 274 g/mol. The summed E-state index contributed by atoms with van der Waals surface area (Å²) in [5, 5.41) is 1.02. The van der Waals surface area contributed by atoms with Crippen molar-refractivity contribution in [1.82, 2.24) is 0 Å². The van der Waals surface area contributed by atoms with Gasteiger partial charge in [0.1, 0.15) is 0 Å². The van der Waals surface area contributed by atoms with Crippen LogP contribution in [0.3, 0.4) is 0 Å². The Morgan fingerprint density at radius 2 is 1.53 bits per heavy atom. The van der Waals surface area contributed by atoms with E-state index in [0.29, 0.717) is 12.2 Å². The van der Waals surface area contributed by atoms with Crippen LogP contribution in [0.1, 0.15) is 57.8 Å². The molecule has 0 N–H and O–H groups in total. The molecule has 0 aromatic carbocycles. The normalized spacial score (nSPS) is 35.0. The average molecular weight is 275 g/mol. The lowest BCUT2D eigenvalue weighted by Gasteiger charge is -2.25. The molecule has 0 aromatic rings. The Bertz CT molecular complexity index is 175. The van der Waals surface area contributed by atoms with Crippen LogP contribution in [0.4, 0.5) is 0 Å². The van der Waals surface area contributed by atoms with Gasteiger partial charge in [-0.1, -0.05) is 48.0 Å². The van der Waals surface area contributed by atoms with Gasteiger partial charge in [-0.05, 0) is 31.6 Å². The molecule has 2 unspecified atom stereocenters. The Kier molecular flexibility index (Phi) is 4.96. The van der Waals surface area contributed by atoms with E-state index in [2.05, 4.69) is 15.9 Å². The van der Waals surface area contributed by atoms with Gasteiger partial charge < -0.3 is 4.74 Å². The number of ether oxygens (including phenoxy) is 1. The molecule has 0 aromatic heterocycles. The van der Waals surface area contributed by atoms with Crippen LogP contribution in [0.15, 0.2) is 0 Å². The molecule has 1 nitrogen and oxygen atoms in total. The van der Waals surface area contributed by atoms with Gasteiger partial charge in [-0.25, -0.2) is 0 Å². The topological polar surface area (TPSA) is 9.23 Å². The Balaban J connectivity index is 1.80. The van der Waals surface area contributed by atoms with E-state index in [4.69, 9.17) is 4.74 Å². The predicted octanol–water partition coefficient (Wildman–Crippen LogP) is 4.29. The minimum absolute atomic E-state index is 0.500. The molecule has 0 spiro atoms. The van der Waals surface area contributed by atoms with Gasteiger partial charge in [0, 0.05) is 5.33 Å². The third-order valence-corrected chi connectivity index (χ3v) is 4.71. The van der Waals surface area contributed by atoms with E-state index < -0.39 is 0 Å². The zero-order valence-electron chi connectivity index (χ0n) is 9.59. The summed E-state index contributed by atoms with van der Waals surface area (Å²) in [5.41, 5.74) is 0. The molecule has 1 heterocycles. The van der Waals surface area contributed by atoms with Gasteiger partial charge in [0.2, 0.25) is 0 Å². The first-order chi connectivity index (χ1) is 7.40. The van der Waals surface area contributed by atoms with Crippen molar-refractivity contribution in [3.8, 4) is 0 Å². The first-order valence-corrected chi connectivity index (χ1v) is 7.73. The molecule has 1 saturated carbocycles. The standard InChI is InChI=1S/C13H23BrO/c14-10-12-8-9-13(15-12)11-6-4-2-1-3-5-7-11/h11-13H,1-10H2. The third kappa shape index (κ3) is 3.45. The molecular weight excluding hydrogens is 252 g/mol. The van der Waals surface area contributed by atoms with Gasteiger partial charge >= 0.3 is 0 Å². The molecule has 0 bridgehead atoms. The lowest BCUT2D eigenvalue weighted by molar-refractivity contribution is 0.0140. The SMILES string of the molecule is BrCC1CCC(C2CCCCCCC2)O1. The van der Waals surface area contributed by atoms with Gasteiger partial charge in [0.05, 0.1) is 12.2 Å². The summed E-state index contributed by atoms with van der Waals surface area (Å²) in [7, 11) is 0. The van der Waals surface area contributed by atoms with Crippen LogP contribution in [0.5, 0.6) is 0 Å². The van der Waals surface area contributed by atoms with E-state index in [1.54, 1.807) is 0 Å². The summed E-state index contributed by atoms with van der Waals surface area (Å²) >= 11 is 3.53. The second-order valence-electron chi connectivity index (χ2n) is 5.13. The molecular formula is C13H23BrO. The fourth-order valence-electron chi connectivity index (χ4n) is 3.05. The van der Waals surface area contributed by atoms with Crippen LogP contribution in [0.2, 0.25) is 0 Å². The number of hydrogen-bond donors (Lipinski definition) is 0. The molecule has 0 amide bonds. The minimum atomic E-state index is 0.500. The molecule has 1 saturated heterocycles. The minimum Gasteiger partial charge on any atom is -0.374 e. The maximum Gasteiger partial charge on any atom is 0.0676 e. The van der Waals surface area contributed by atoms with Crippen LogP contribution in [-0.2, 0) is 4.74 Å². The van der Waals surface area contributed by atoms with E-state index in [1.165, 1.54) is 57.8 Å². The average Bonchev–Trinajstić information content (AvgIpc) is 2.65. The van der Waals surface area contributed by atoms with E-state index in [0.717, 1.165) is 11.2 Å². The fourth-order valence-corrected chi connectivity index (χ4v) is 3.53. The van der Waals surface area contributed by atoms with Crippen LogP contribution in [0.25, 0.3) is 0 Å². The van der Waals surface area contributed by atoms with E-state index >= 15 is 0 Å². The van der Waals surface area contributed by atoms with Crippen LogP contribution in [0, 0.1) is 5.92 Å². The Morgan fingerprint density at radius 1 is 0.867 bits per heavy atom. The number of hydrogen-bond acceptors (Lipinski definition) is 1. The number of alkyl halides is 1. The van der Waals surface area contributed by atoms with Crippen LogP contribution in [-0.4, -0.2) is 17.5 Å².